The van der Waals surface area contributed by atoms with Gasteiger partial charge in [0.1, 0.15) is 5.41 Å². The van der Waals surface area contributed by atoms with E-state index in [-0.39, 0.29) is 24.4 Å². The molecule has 3 amide bonds. The van der Waals surface area contributed by atoms with Crippen LogP contribution >= 0.6 is 0 Å². The van der Waals surface area contributed by atoms with E-state index in [1.165, 1.54) is 4.90 Å². The molecule has 27 heavy (non-hydrogen) atoms. The van der Waals surface area contributed by atoms with Crippen LogP contribution in [-0.2, 0) is 15.0 Å². The summed E-state index contributed by atoms with van der Waals surface area (Å²) in [4.78, 5) is 39.9. The van der Waals surface area contributed by atoms with Gasteiger partial charge in [0, 0.05) is 39.6 Å². The lowest BCUT2D eigenvalue weighted by atomic mass is 9.78. The molecule has 1 aliphatic rings. The van der Waals surface area contributed by atoms with Crippen molar-refractivity contribution in [2.45, 2.75) is 31.6 Å². The number of likely N-dealkylation sites (tertiary alicyclic amines) is 1. The molecule has 1 heterocycles. The summed E-state index contributed by atoms with van der Waals surface area (Å²) in [6.45, 7) is 2.94. The van der Waals surface area contributed by atoms with Crippen LogP contribution in [0.3, 0.4) is 0 Å². The predicted molar refractivity (Wildman–Crippen MR) is 102 cm³/mol. The zero-order chi connectivity index (χ0) is 20.0. The Hall–Kier alpha value is -2.57. The fourth-order valence-corrected chi connectivity index (χ4v) is 3.54. The summed E-state index contributed by atoms with van der Waals surface area (Å²) in [5.74, 6) is -1.28. The molecule has 1 aromatic rings. The second-order valence-corrected chi connectivity index (χ2v) is 7.26. The number of nitrogens with one attached hydrogen (secondary N) is 1. The largest absolute Gasteiger partial charge is 0.481 e. The number of benzene rings is 1. The Labute approximate surface area is 160 Å². The molecular weight excluding hydrogens is 346 g/mol. The molecule has 0 saturated carbocycles. The van der Waals surface area contributed by atoms with Gasteiger partial charge in [0.2, 0.25) is 5.91 Å². The van der Waals surface area contributed by atoms with Crippen molar-refractivity contribution < 1.29 is 19.5 Å². The normalized spacial score (nSPS) is 17.1. The second-order valence-electron chi connectivity index (χ2n) is 7.26. The number of carboxylic acids is 1. The van der Waals surface area contributed by atoms with Crippen molar-refractivity contribution in [3.05, 3.63) is 35.9 Å². The number of aliphatic carboxylic acids is 1. The lowest BCUT2D eigenvalue weighted by molar-refractivity contribution is -0.144. The zero-order valence-electron chi connectivity index (χ0n) is 16.3. The van der Waals surface area contributed by atoms with Gasteiger partial charge in [0.25, 0.3) is 0 Å². The summed E-state index contributed by atoms with van der Waals surface area (Å²) in [7, 11) is 3.42. The van der Waals surface area contributed by atoms with Crippen LogP contribution in [0.15, 0.2) is 30.3 Å². The third kappa shape index (κ3) is 4.59. The van der Waals surface area contributed by atoms with Gasteiger partial charge in [-0.05, 0) is 24.8 Å². The van der Waals surface area contributed by atoms with E-state index in [0.29, 0.717) is 37.9 Å². The Morgan fingerprint density at radius 2 is 1.78 bits per heavy atom. The molecule has 2 rings (SSSR count). The maximum atomic E-state index is 12.6. The van der Waals surface area contributed by atoms with Crippen molar-refractivity contribution in [3.8, 4) is 0 Å². The van der Waals surface area contributed by atoms with E-state index in [4.69, 9.17) is 0 Å². The van der Waals surface area contributed by atoms with Gasteiger partial charge in [-0.25, -0.2) is 4.79 Å². The standard InChI is InChI=1S/C20H29N3O4/c1-4-20(18(25)26,16-8-6-5-7-9-16)14-21-17(24)15-10-12-23(13-11-15)19(27)22(2)3/h5-9,15H,4,10-14H2,1-3H3,(H,21,24)(H,25,26). The third-order valence-electron chi connectivity index (χ3n) is 5.42. The SMILES string of the molecule is CCC(CNC(=O)C1CCN(C(=O)N(C)C)CC1)(C(=O)O)c1ccccc1. The number of urea groups is 1. The van der Waals surface area contributed by atoms with Crippen LogP contribution in [-0.4, -0.2) is 66.5 Å². The second kappa shape index (κ2) is 8.88. The minimum absolute atomic E-state index is 0.0474. The molecular formula is C20H29N3O4. The molecule has 1 fully saturated rings. The maximum absolute atomic E-state index is 12.6. The fraction of sp³-hybridized carbons (Fsp3) is 0.550. The van der Waals surface area contributed by atoms with E-state index in [2.05, 4.69) is 5.32 Å². The summed E-state index contributed by atoms with van der Waals surface area (Å²) >= 11 is 0. The minimum atomic E-state index is -1.14. The summed E-state index contributed by atoms with van der Waals surface area (Å²) in [6.07, 6.45) is 1.55. The fourth-order valence-electron chi connectivity index (χ4n) is 3.54. The van der Waals surface area contributed by atoms with Crippen molar-refractivity contribution in [1.82, 2.24) is 15.1 Å². The van der Waals surface area contributed by atoms with Crippen molar-refractivity contribution in [1.29, 1.82) is 0 Å². The van der Waals surface area contributed by atoms with Crippen LogP contribution in [0.1, 0.15) is 31.7 Å². The molecule has 0 spiro atoms. The van der Waals surface area contributed by atoms with E-state index in [1.807, 2.05) is 25.1 Å². The molecule has 148 valence electrons. The highest BCUT2D eigenvalue weighted by Gasteiger charge is 2.39. The number of carbonyl (C=O) groups is 3. The molecule has 0 radical (unpaired) electrons. The highest BCUT2D eigenvalue weighted by atomic mass is 16.4. The van der Waals surface area contributed by atoms with Gasteiger partial charge in [-0.3, -0.25) is 9.59 Å². The first-order chi connectivity index (χ1) is 12.8. The number of carbonyl (C=O) groups excluding carboxylic acids is 2. The van der Waals surface area contributed by atoms with E-state index in [9.17, 15) is 19.5 Å². The molecule has 1 aliphatic heterocycles. The van der Waals surface area contributed by atoms with Crippen LogP contribution in [0.2, 0.25) is 0 Å². The maximum Gasteiger partial charge on any atom is 0.319 e. The first-order valence-electron chi connectivity index (χ1n) is 9.34. The molecule has 0 bridgehead atoms. The molecule has 1 aromatic carbocycles. The van der Waals surface area contributed by atoms with Crippen molar-refractivity contribution in [2.24, 2.45) is 5.92 Å². The van der Waals surface area contributed by atoms with Gasteiger partial charge in [-0.2, -0.15) is 0 Å². The van der Waals surface area contributed by atoms with E-state index in [1.54, 1.807) is 31.1 Å². The Kier molecular flexibility index (Phi) is 6.82. The highest BCUT2D eigenvalue weighted by molar-refractivity contribution is 5.84. The average molecular weight is 375 g/mol. The molecule has 1 unspecified atom stereocenters. The predicted octanol–water partition coefficient (Wildman–Crippen LogP) is 1.93. The third-order valence-corrected chi connectivity index (χ3v) is 5.42. The molecule has 0 aliphatic carbocycles. The Morgan fingerprint density at radius 3 is 2.26 bits per heavy atom. The number of piperidine rings is 1. The number of hydrogen-bond acceptors (Lipinski definition) is 3. The Balaban J connectivity index is 1.99. The van der Waals surface area contributed by atoms with Gasteiger partial charge in [-0.15, -0.1) is 0 Å². The molecule has 0 aromatic heterocycles. The van der Waals surface area contributed by atoms with E-state index >= 15 is 0 Å². The van der Waals surface area contributed by atoms with Gasteiger partial charge in [-0.1, -0.05) is 37.3 Å². The van der Waals surface area contributed by atoms with Crippen molar-refractivity contribution >= 4 is 17.9 Å². The lowest BCUT2D eigenvalue weighted by Gasteiger charge is -2.34. The molecule has 2 N–H and O–H groups in total. The van der Waals surface area contributed by atoms with Crippen LogP contribution in [0.4, 0.5) is 4.79 Å². The minimum Gasteiger partial charge on any atom is -0.481 e. The number of carboxylic acid groups (broad SMARTS) is 1. The molecule has 1 atom stereocenters. The lowest BCUT2D eigenvalue weighted by Crippen LogP contribution is -2.50. The van der Waals surface area contributed by atoms with E-state index in [0.717, 1.165) is 0 Å². The number of rotatable bonds is 6. The summed E-state index contributed by atoms with van der Waals surface area (Å²) in [6, 6.07) is 8.98. The molecule has 1 saturated heterocycles. The number of hydrogen-bond donors (Lipinski definition) is 2. The quantitative estimate of drug-likeness (QED) is 0.795. The number of nitrogens with zero attached hydrogens (tertiary/aromatic N) is 2. The first-order valence-corrected chi connectivity index (χ1v) is 9.34. The van der Waals surface area contributed by atoms with Crippen molar-refractivity contribution in [2.75, 3.05) is 33.7 Å². The molecule has 7 nitrogen and oxygen atoms in total. The summed E-state index contributed by atoms with van der Waals surface area (Å²) in [5, 5.41) is 12.7. The average Bonchev–Trinajstić information content (AvgIpc) is 2.68. The Bertz CT molecular complexity index is 669. The zero-order valence-corrected chi connectivity index (χ0v) is 16.3. The van der Waals surface area contributed by atoms with Crippen LogP contribution in [0.5, 0.6) is 0 Å². The number of amides is 3. The summed E-state index contributed by atoms with van der Waals surface area (Å²) in [5.41, 5.74) is -0.454. The smallest absolute Gasteiger partial charge is 0.319 e. The van der Waals surface area contributed by atoms with Crippen LogP contribution in [0, 0.1) is 5.92 Å². The summed E-state index contributed by atoms with van der Waals surface area (Å²) < 4.78 is 0. The van der Waals surface area contributed by atoms with Gasteiger partial charge >= 0.3 is 12.0 Å². The molecule has 7 heteroatoms. The van der Waals surface area contributed by atoms with Crippen molar-refractivity contribution in [3.63, 3.8) is 0 Å². The van der Waals surface area contributed by atoms with Gasteiger partial charge in [0.05, 0.1) is 0 Å². The monoisotopic (exact) mass is 375 g/mol. The van der Waals surface area contributed by atoms with Gasteiger partial charge < -0.3 is 20.2 Å². The first kappa shape index (κ1) is 20.7. The van der Waals surface area contributed by atoms with E-state index < -0.39 is 11.4 Å². The highest BCUT2D eigenvalue weighted by Crippen LogP contribution is 2.28. The van der Waals surface area contributed by atoms with Crippen LogP contribution in [0.25, 0.3) is 0 Å². The topological polar surface area (TPSA) is 90.0 Å². The Morgan fingerprint density at radius 1 is 1.19 bits per heavy atom. The van der Waals surface area contributed by atoms with Crippen LogP contribution < -0.4 is 5.32 Å². The van der Waals surface area contributed by atoms with Gasteiger partial charge in [0.15, 0.2) is 0 Å².